The van der Waals surface area contributed by atoms with Crippen molar-refractivity contribution in [3.8, 4) is 5.75 Å². The van der Waals surface area contributed by atoms with E-state index < -0.39 is 0 Å². The summed E-state index contributed by atoms with van der Waals surface area (Å²) in [6, 6.07) is 4.23. The molecule has 0 aliphatic heterocycles. The number of unbranched alkanes of at least 4 members (excludes halogenated alkanes) is 2. The van der Waals surface area contributed by atoms with E-state index in [0.29, 0.717) is 5.75 Å². The number of hydrogen-bond donors (Lipinski definition) is 1. The summed E-state index contributed by atoms with van der Waals surface area (Å²) in [7, 11) is 0. The van der Waals surface area contributed by atoms with Crippen molar-refractivity contribution in [1.29, 1.82) is 0 Å². The van der Waals surface area contributed by atoms with Crippen molar-refractivity contribution in [2.75, 3.05) is 0 Å². The summed E-state index contributed by atoms with van der Waals surface area (Å²) in [5.74, 6) is 0.530. The molecule has 0 bridgehead atoms. The molecule has 0 amide bonds. The molecule has 2 heteroatoms. The quantitative estimate of drug-likeness (QED) is 0.764. The number of aryl methyl sites for hydroxylation is 2. The molecule has 0 aliphatic rings. The molecule has 17 heavy (non-hydrogen) atoms. The second kappa shape index (κ2) is 8.60. The summed E-state index contributed by atoms with van der Waals surface area (Å²) in [5, 5.41) is 10.1. The first-order valence-electron chi connectivity index (χ1n) is 6.51. The molecule has 1 rings (SSSR count). The summed E-state index contributed by atoms with van der Waals surface area (Å²) in [4.78, 5) is 0. The first kappa shape index (κ1) is 16.5. The average molecular weight is 275 g/mol. The normalized spacial score (nSPS) is 10.1. The van der Waals surface area contributed by atoms with E-state index in [4.69, 9.17) is 0 Å². The van der Waals surface area contributed by atoms with Crippen LogP contribution in [0.4, 0.5) is 0 Å². The smallest absolute Gasteiger partial charge is 0.121 e. The van der Waals surface area contributed by atoms with Gasteiger partial charge in [0.05, 0.1) is 0 Å². The Balaban J connectivity index is 0.00000256. The van der Waals surface area contributed by atoms with Gasteiger partial charge in [-0.25, -0.2) is 0 Å². The van der Waals surface area contributed by atoms with Crippen LogP contribution in [0.15, 0.2) is 12.1 Å². The topological polar surface area (TPSA) is 20.2 Å². The number of aromatic hydroxyl groups is 1. The van der Waals surface area contributed by atoms with Crippen LogP contribution in [0.5, 0.6) is 5.75 Å². The van der Waals surface area contributed by atoms with Crippen LogP contribution < -0.4 is 0 Å². The van der Waals surface area contributed by atoms with Gasteiger partial charge in [-0.15, -0.1) is 0 Å². The molecule has 1 nitrogen and oxygen atoms in total. The summed E-state index contributed by atoms with van der Waals surface area (Å²) in [6.07, 6.45) is 6.88. The van der Waals surface area contributed by atoms with Gasteiger partial charge in [0.15, 0.2) is 0 Å². The molecule has 97 valence electrons. The first-order valence-corrected chi connectivity index (χ1v) is 6.51. The minimum absolute atomic E-state index is 0. The molecule has 1 aromatic carbocycles. The fourth-order valence-electron chi connectivity index (χ4n) is 2.03. The molecule has 0 atom stereocenters. The maximum absolute atomic E-state index is 10.1. The van der Waals surface area contributed by atoms with Gasteiger partial charge in [0.2, 0.25) is 0 Å². The second-order valence-electron chi connectivity index (χ2n) is 4.58. The standard InChI is InChI=1S/C15H24O.Mn/c1-4-6-8-13-11-10-12(3)15(16)14(13)9-7-5-2;/h10-11,16H,4-9H2,1-3H3;. The van der Waals surface area contributed by atoms with Crippen LogP contribution in [0.1, 0.15) is 56.2 Å². The molecule has 0 aromatic heterocycles. The zero-order chi connectivity index (χ0) is 12.0. The molecule has 1 radical (unpaired) electrons. The van der Waals surface area contributed by atoms with Crippen molar-refractivity contribution in [3.63, 3.8) is 0 Å². The van der Waals surface area contributed by atoms with E-state index in [1.165, 1.54) is 30.4 Å². The van der Waals surface area contributed by atoms with Crippen molar-refractivity contribution in [2.24, 2.45) is 0 Å². The molecule has 1 N–H and O–H groups in total. The predicted molar refractivity (Wildman–Crippen MR) is 70.1 cm³/mol. The Morgan fingerprint density at radius 1 is 1.00 bits per heavy atom. The second-order valence-corrected chi connectivity index (χ2v) is 4.58. The van der Waals surface area contributed by atoms with E-state index in [1.807, 2.05) is 13.0 Å². The van der Waals surface area contributed by atoms with Gasteiger partial charge in [-0.3, -0.25) is 0 Å². The van der Waals surface area contributed by atoms with E-state index in [9.17, 15) is 5.11 Å². The fraction of sp³-hybridized carbons (Fsp3) is 0.600. The van der Waals surface area contributed by atoms with Crippen LogP contribution in [-0.2, 0) is 29.9 Å². The van der Waals surface area contributed by atoms with E-state index in [-0.39, 0.29) is 17.1 Å². The van der Waals surface area contributed by atoms with Crippen LogP contribution in [0, 0.1) is 6.92 Å². The Morgan fingerprint density at radius 2 is 1.59 bits per heavy atom. The van der Waals surface area contributed by atoms with Crippen molar-refractivity contribution >= 4 is 0 Å². The van der Waals surface area contributed by atoms with Crippen molar-refractivity contribution in [2.45, 2.75) is 59.3 Å². The van der Waals surface area contributed by atoms with Gasteiger partial charge < -0.3 is 5.11 Å². The maximum Gasteiger partial charge on any atom is 0.121 e. The maximum atomic E-state index is 10.1. The average Bonchev–Trinajstić information content (AvgIpc) is 2.29. The van der Waals surface area contributed by atoms with Crippen LogP contribution in [0.3, 0.4) is 0 Å². The van der Waals surface area contributed by atoms with Crippen LogP contribution in [0.2, 0.25) is 0 Å². The molecule has 0 fully saturated rings. The minimum atomic E-state index is 0. The molecular weight excluding hydrogens is 251 g/mol. The van der Waals surface area contributed by atoms with Gasteiger partial charge in [0, 0.05) is 17.1 Å². The monoisotopic (exact) mass is 275 g/mol. The van der Waals surface area contributed by atoms with Gasteiger partial charge in [-0.2, -0.15) is 0 Å². The molecule has 0 saturated heterocycles. The van der Waals surface area contributed by atoms with Crippen molar-refractivity contribution in [3.05, 3.63) is 28.8 Å². The fourth-order valence-corrected chi connectivity index (χ4v) is 2.03. The number of rotatable bonds is 6. The molecular formula is C15H24MnO. The third-order valence-corrected chi connectivity index (χ3v) is 3.16. The Morgan fingerprint density at radius 3 is 2.18 bits per heavy atom. The first-order chi connectivity index (χ1) is 7.70. The molecule has 0 heterocycles. The number of hydrogen-bond acceptors (Lipinski definition) is 1. The molecule has 1 aromatic rings. The molecule has 0 unspecified atom stereocenters. The van der Waals surface area contributed by atoms with Gasteiger partial charge in [0.1, 0.15) is 5.75 Å². The van der Waals surface area contributed by atoms with Gasteiger partial charge >= 0.3 is 0 Å². The van der Waals surface area contributed by atoms with Gasteiger partial charge in [0.25, 0.3) is 0 Å². The number of phenols is 1. The number of benzene rings is 1. The van der Waals surface area contributed by atoms with Crippen molar-refractivity contribution < 1.29 is 22.2 Å². The third-order valence-electron chi connectivity index (χ3n) is 3.16. The predicted octanol–water partition coefficient (Wildman–Crippen LogP) is 4.38. The van der Waals surface area contributed by atoms with E-state index in [1.54, 1.807) is 0 Å². The zero-order valence-electron chi connectivity index (χ0n) is 11.2. The molecule has 0 spiro atoms. The van der Waals surface area contributed by atoms with E-state index in [0.717, 1.165) is 24.8 Å². The summed E-state index contributed by atoms with van der Waals surface area (Å²) >= 11 is 0. The van der Waals surface area contributed by atoms with E-state index >= 15 is 0 Å². The minimum Gasteiger partial charge on any atom is -0.507 e. The largest absolute Gasteiger partial charge is 0.507 e. The molecule has 0 saturated carbocycles. The van der Waals surface area contributed by atoms with Crippen LogP contribution in [-0.4, -0.2) is 5.11 Å². The SMILES string of the molecule is CCCCc1ccc(C)c(O)c1CCCC.[Mn]. The Kier molecular flexibility index (Phi) is 8.37. The molecule has 0 aliphatic carbocycles. The Labute approximate surface area is 116 Å². The summed E-state index contributed by atoms with van der Waals surface area (Å²) < 4.78 is 0. The number of phenolic OH excluding ortho intramolecular Hbond substituents is 1. The van der Waals surface area contributed by atoms with E-state index in [2.05, 4.69) is 19.9 Å². The van der Waals surface area contributed by atoms with Gasteiger partial charge in [-0.1, -0.05) is 38.8 Å². The zero-order valence-corrected chi connectivity index (χ0v) is 12.4. The Bertz CT molecular complexity index is 334. The summed E-state index contributed by atoms with van der Waals surface area (Å²) in [5.41, 5.74) is 3.54. The van der Waals surface area contributed by atoms with Crippen LogP contribution >= 0.6 is 0 Å². The Hall–Kier alpha value is -0.461. The summed E-state index contributed by atoms with van der Waals surface area (Å²) in [6.45, 7) is 6.38. The van der Waals surface area contributed by atoms with Crippen molar-refractivity contribution in [1.82, 2.24) is 0 Å². The van der Waals surface area contributed by atoms with Crippen LogP contribution in [0.25, 0.3) is 0 Å². The van der Waals surface area contributed by atoms with Gasteiger partial charge in [-0.05, 0) is 49.3 Å². The third kappa shape index (κ3) is 4.73.